The Balaban J connectivity index is 1.46. The number of pyridine rings is 1. The van der Waals surface area contributed by atoms with Gasteiger partial charge in [0.2, 0.25) is 11.8 Å². The van der Waals surface area contributed by atoms with Crippen LogP contribution in [0.2, 0.25) is 0 Å². The van der Waals surface area contributed by atoms with E-state index in [1.165, 1.54) is 0 Å². The van der Waals surface area contributed by atoms with Crippen LogP contribution in [-0.4, -0.2) is 66.5 Å². The van der Waals surface area contributed by atoms with E-state index in [2.05, 4.69) is 10.3 Å². The summed E-state index contributed by atoms with van der Waals surface area (Å²) in [5.74, 6) is 1.24. The minimum absolute atomic E-state index is 0.0199. The summed E-state index contributed by atoms with van der Waals surface area (Å²) in [5.41, 5.74) is 3.10. The summed E-state index contributed by atoms with van der Waals surface area (Å²) in [5, 5.41) is 2.90. The maximum atomic E-state index is 13.1. The molecule has 0 radical (unpaired) electrons. The van der Waals surface area contributed by atoms with E-state index >= 15 is 0 Å². The molecule has 0 bridgehead atoms. The van der Waals surface area contributed by atoms with Crippen LogP contribution in [0.5, 0.6) is 11.5 Å². The average molecular weight is 425 g/mol. The van der Waals surface area contributed by atoms with Gasteiger partial charge < -0.3 is 19.7 Å². The lowest BCUT2D eigenvalue weighted by Gasteiger charge is -2.36. The standard InChI is InChI=1S/C23H28N4O4/c1-30-20-11-16-6-9-27(14-17(16)12-21(20)31-2)22(28)13-19-23(29)25-8-10-26(19)15-18-5-3-4-7-24-18/h3-5,7,11-12,19H,6,8-10,13-15H2,1-2H3,(H,25,29)/t19-/m1/s1. The maximum absolute atomic E-state index is 13.1. The van der Waals surface area contributed by atoms with Gasteiger partial charge in [0.05, 0.1) is 32.4 Å². The third kappa shape index (κ3) is 4.64. The Hall–Kier alpha value is -3.13. The normalized spacial score (nSPS) is 18.8. The Labute approximate surface area is 182 Å². The van der Waals surface area contributed by atoms with Crippen molar-refractivity contribution in [1.29, 1.82) is 0 Å². The molecule has 0 saturated carbocycles. The number of hydrogen-bond donors (Lipinski definition) is 1. The summed E-state index contributed by atoms with van der Waals surface area (Å²) in [6, 6.07) is 9.17. The van der Waals surface area contributed by atoms with Crippen molar-refractivity contribution in [3.05, 3.63) is 53.3 Å². The molecule has 8 heteroatoms. The van der Waals surface area contributed by atoms with Gasteiger partial charge in [0.1, 0.15) is 0 Å². The van der Waals surface area contributed by atoms with Gasteiger partial charge in [-0.2, -0.15) is 0 Å². The van der Waals surface area contributed by atoms with Crippen LogP contribution in [0.15, 0.2) is 36.5 Å². The number of nitrogens with zero attached hydrogens (tertiary/aromatic N) is 3. The molecule has 1 atom stereocenters. The van der Waals surface area contributed by atoms with Gasteiger partial charge in [-0.3, -0.25) is 19.5 Å². The summed E-state index contributed by atoms with van der Waals surface area (Å²) in [6.45, 7) is 2.94. The second-order valence-corrected chi connectivity index (χ2v) is 7.84. The molecule has 1 aromatic carbocycles. The zero-order valence-corrected chi connectivity index (χ0v) is 18.0. The lowest BCUT2D eigenvalue weighted by Crippen LogP contribution is -2.56. The fourth-order valence-electron chi connectivity index (χ4n) is 4.26. The Morgan fingerprint density at radius 2 is 1.94 bits per heavy atom. The number of aromatic nitrogens is 1. The monoisotopic (exact) mass is 424 g/mol. The molecule has 0 aliphatic carbocycles. The number of rotatable bonds is 6. The highest BCUT2D eigenvalue weighted by molar-refractivity contribution is 5.89. The van der Waals surface area contributed by atoms with Gasteiger partial charge in [-0.15, -0.1) is 0 Å². The number of fused-ring (bicyclic) bond motifs is 1. The number of carbonyl (C=O) groups excluding carboxylic acids is 2. The summed E-state index contributed by atoms with van der Waals surface area (Å²) < 4.78 is 10.8. The molecule has 3 heterocycles. The lowest BCUT2D eigenvalue weighted by molar-refractivity contribution is -0.139. The molecule has 2 aliphatic rings. The zero-order chi connectivity index (χ0) is 21.8. The van der Waals surface area contributed by atoms with Crippen LogP contribution >= 0.6 is 0 Å². The first-order valence-corrected chi connectivity index (χ1v) is 10.5. The number of nitrogens with one attached hydrogen (secondary N) is 1. The van der Waals surface area contributed by atoms with Crippen LogP contribution in [0, 0.1) is 0 Å². The maximum Gasteiger partial charge on any atom is 0.237 e. The quantitative estimate of drug-likeness (QED) is 0.754. The van der Waals surface area contributed by atoms with Crippen molar-refractivity contribution in [1.82, 2.24) is 20.1 Å². The van der Waals surface area contributed by atoms with Gasteiger partial charge in [-0.25, -0.2) is 0 Å². The molecule has 1 fully saturated rings. The van der Waals surface area contributed by atoms with E-state index < -0.39 is 6.04 Å². The van der Waals surface area contributed by atoms with Crippen molar-refractivity contribution in [2.45, 2.75) is 32.0 Å². The number of hydrogen-bond acceptors (Lipinski definition) is 6. The van der Waals surface area contributed by atoms with E-state index in [9.17, 15) is 9.59 Å². The van der Waals surface area contributed by atoms with E-state index in [1.807, 2.05) is 40.1 Å². The number of amides is 2. The molecular formula is C23H28N4O4. The summed E-state index contributed by atoms with van der Waals surface area (Å²) in [4.78, 5) is 34.0. The Kier molecular flexibility index (Phi) is 6.36. The SMILES string of the molecule is COc1cc2c(cc1OC)CN(C(=O)C[C@@H]1C(=O)NCCN1Cc1ccccn1)CC2. The molecule has 1 aromatic heterocycles. The van der Waals surface area contributed by atoms with Gasteiger partial charge in [-0.05, 0) is 41.8 Å². The first-order valence-electron chi connectivity index (χ1n) is 10.5. The Bertz CT molecular complexity index is 950. The highest BCUT2D eigenvalue weighted by atomic mass is 16.5. The minimum atomic E-state index is -0.491. The third-order valence-corrected chi connectivity index (χ3v) is 5.97. The second-order valence-electron chi connectivity index (χ2n) is 7.84. The number of methoxy groups -OCH3 is 2. The van der Waals surface area contributed by atoms with Crippen molar-refractivity contribution in [3.63, 3.8) is 0 Å². The number of ether oxygens (including phenoxy) is 2. The van der Waals surface area contributed by atoms with Crippen LogP contribution in [0.1, 0.15) is 23.2 Å². The number of carbonyl (C=O) groups is 2. The van der Waals surface area contributed by atoms with E-state index in [0.29, 0.717) is 44.2 Å². The van der Waals surface area contributed by atoms with Crippen molar-refractivity contribution >= 4 is 11.8 Å². The fourth-order valence-corrected chi connectivity index (χ4v) is 4.26. The highest BCUT2D eigenvalue weighted by Crippen LogP contribution is 2.33. The van der Waals surface area contributed by atoms with E-state index in [-0.39, 0.29) is 18.2 Å². The molecule has 2 aliphatic heterocycles. The van der Waals surface area contributed by atoms with Crippen molar-refractivity contribution in [2.24, 2.45) is 0 Å². The Morgan fingerprint density at radius 1 is 1.16 bits per heavy atom. The van der Waals surface area contributed by atoms with Crippen LogP contribution in [0.4, 0.5) is 0 Å². The average Bonchev–Trinajstić information content (AvgIpc) is 2.80. The molecular weight excluding hydrogens is 396 g/mol. The fraction of sp³-hybridized carbons (Fsp3) is 0.435. The van der Waals surface area contributed by atoms with E-state index in [1.54, 1.807) is 20.4 Å². The molecule has 0 spiro atoms. The van der Waals surface area contributed by atoms with Crippen LogP contribution in [-0.2, 0) is 29.1 Å². The number of benzene rings is 1. The zero-order valence-electron chi connectivity index (χ0n) is 18.0. The lowest BCUT2D eigenvalue weighted by atomic mass is 9.98. The predicted octanol–water partition coefficient (Wildman–Crippen LogP) is 1.37. The van der Waals surface area contributed by atoms with Gasteiger partial charge in [0.25, 0.3) is 0 Å². The first-order chi connectivity index (χ1) is 15.1. The van der Waals surface area contributed by atoms with Crippen molar-refractivity contribution < 1.29 is 19.1 Å². The minimum Gasteiger partial charge on any atom is -0.493 e. The van der Waals surface area contributed by atoms with Gasteiger partial charge in [-0.1, -0.05) is 6.07 Å². The van der Waals surface area contributed by atoms with Crippen molar-refractivity contribution in [2.75, 3.05) is 33.9 Å². The highest BCUT2D eigenvalue weighted by Gasteiger charge is 2.34. The molecule has 164 valence electrons. The third-order valence-electron chi connectivity index (χ3n) is 5.97. The summed E-state index contributed by atoms with van der Waals surface area (Å²) in [7, 11) is 3.22. The summed E-state index contributed by atoms with van der Waals surface area (Å²) >= 11 is 0. The first kappa shape index (κ1) is 21.1. The molecule has 31 heavy (non-hydrogen) atoms. The number of piperazine rings is 1. The van der Waals surface area contributed by atoms with Gasteiger partial charge in [0, 0.05) is 38.9 Å². The molecule has 1 N–H and O–H groups in total. The summed E-state index contributed by atoms with van der Waals surface area (Å²) in [6.07, 6.45) is 2.64. The molecule has 0 unspecified atom stereocenters. The van der Waals surface area contributed by atoms with Gasteiger partial charge >= 0.3 is 0 Å². The van der Waals surface area contributed by atoms with Crippen LogP contribution in [0.25, 0.3) is 0 Å². The van der Waals surface area contributed by atoms with Crippen LogP contribution in [0.3, 0.4) is 0 Å². The van der Waals surface area contributed by atoms with Crippen molar-refractivity contribution in [3.8, 4) is 11.5 Å². The molecule has 4 rings (SSSR count). The largest absolute Gasteiger partial charge is 0.493 e. The molecule has 8 nitrogen and oxygen atoms in total. The Morgan fingerprint density at radius 3 is 2.65 bits per heavy atom. The van der Waals surface area contributed by atoms with Gasteiger partial charge in [0.15, 0.2) is 11.5 Å². The molecule has 1 saturated heterocycles. The van der Waals surface area contributed by atoms with Crippen LogP contribution < -0.4 is 14.8 Å². The smallest absolute Gasteiger partial charge is 0.237 e. The molecule has 2 aromatic rings. The topological polar surface area (TPSA) is 84.0 Å². The van der Waals surface area contributed by atoms with E-state index in [0.717, 1.165) is 23.2 Å². The predicted molar refractivity (Wildman–Crippen MR) is 115 cm³/mol. The second kappa shape index (κ2) is 9.34. The van der Waals surface area contributed by atoms with E-state index in [4.69, 9.17) is 9.47 Å². The molecule has 2 amide bonds.